The number of nitrogens with two attached hydrogens (primary N) is 1. The molecule has 0 bridgehead atoms. The second-order valence-electron chi connectivity index (χ2n) is 6.33. The predicted molar refractivity (Wildman–Crippen MR) is 118 cm³/mol. The molecule has 5 rings (SSSR count). The van der Waals surface area contributed by atoms with Gasteiger partial charge in [0.1, 0.15) is 16.5 Å². The number of rotatable bonds is 2. The molecule has 0 saturated carbocycles. The van der Waals surface area contributed by atoms with Crippen molar-refractivity contribution in [2.45, 2.75) is 10.1 Å². The van der Waals surface area contributed by atoms with Crippen LogP contribution in [0.15, 0.2) is 44.7 Å². The van der Waals surface area contributed by atoms with Gasteiger partial charge in [0.15, 0.2) is 5.75 Å². The largest absolute Gasteiger partial charge is 0.438 e. The summed E-state index contributed by atoms with van der Waals surface area (Å²) in [6.07, 6.45) is 1.97. The number of aromatic nitrogens is 2. The molecular formula is C19H11ClN4O2S3. The number of pyridine rings is 1. The van der Waals surface area contributed by atoms with E-state index in [1.54, 1.807) is 36.0 Å². The van der Waals surface area contributed by atoms with Gasteiger partial charge in [-0.3, -0.25) is 4.79 Å². The minimum absolute atomic E-state index is 0.000734. The summed E-state index contributed by atoms with van der Waals surface area (Å²) in [6.45, 7) is 0. The Morgan fingerprint density at radius 1 is 1.38 bits per heavy atom. The number of allylic oxidation sites excluding steroid dienone is 1. The van der Waals surface area contributed by atoms with Crippen molar-refractivity contribution in [1.82, 2.24) is 9.36 Å². The summed E-state index contributed by atoms with van der Waals surface area (Å²) in [5.41, 5.74) is 7.79. The van der Waals surface area contributed by atoms with E-state index in [2.05, 4.69) is 15.4 Å². The molecule has 1 atom stereocenters. The highest BCUT2D eigenvalue weighted by molar-refractivity contribution is 8.00. The third-order valence-corrected chi connectivity index (χ3v) is 8.20. The number of hydrogen-bond acceptors (Lipinski definition) is 8. The van der Waals surface area contributed by atoms with Gasteiger partial charge in [0.25, 0.3) is 5.56 Å². The van der Waals surface area contributed by atoms with Crippen LogP contribution in [0.5, 0.6) is 5.75 Å². The number of ether oxygens (including phenoxy) is 1. The molecule has 0 spiro atoms. The number of thioether (sulfide) groups is 1. The maximum atomic E-state index is 13.2. The first-order valence-electron chi connectivity index (χ1n) is 8.38. The highest BCUT2D eigenvalue weighted by atomic mass is 35.5. The number of nitrogens with zero attached hydrogens (tertiary/aromatic N) is 2. The van der Waals surface area contributed by atoms with Crippen molar-refractivity contribution in [2.75, 3.05) is 6.26 Å². The zero-order valence-electron chi connectivity index (χ0n) is 14.8. The summed E-state index contributed by atoms with van der Waals surface area (Å²) in [5.74, 6) is -0.248. The Morgan fingerprint density at radius 2 is 2.14 bits per heavy atom. The fraction of sp³-hybridized carbons (Fsp3) is 0.105. The molecule has 4 heterocycles. The van der Waals surface area contributed by atoms with Crippen molar-refractivity contribution in [2.24, 2.45) is 5.73 Å². The number of nitrogens with one attached hydrogen (secondary N) is 1. The molecule has 0 fully saturated rings. The predicted octanol–water partition coefficient (Wildman–Crippen LogP) is 4.79. The van der Waals surface area contributed by atoms with Gasteiger partial charge in [-0.15, -0.1) is 23.1 Å². The highest BCUT2D eigenvalue weighted by Crippen LogP contribution is 2.48. The molecule has 0 radical (unpaired) electrons. The number of fused-ring (bicyclic) bond motifs is 5. The van der Waals surface area contributed by atoms with Crippen LogP contribution in [0.2, 0.25) is 5.02 Å². The lowest BCUT2D eigenvalue weighted by molar-refractivity contribution is 0.397. The lowest BCUT2D eigenvalue weighted by atomic mass is 9.84. The molecule has 6 nitrogen and oxygen atoms in total. The number of halogens is 1. The fourth-order valence-electron chi connectivity index (χ4n) is 3.55. The first-order valence-corrected chi connectivity index (χ1v) is 11.6. The number of H-pyrrole nitrogens is 1. The van der Waals surface area contributed by atoms with E-state index in [0.29, 0.717) is 21.9 Å². The van der Waals surface area contributed by atoms with Crippen LogP contribution >= 0.6 is 46.2 Å². The molecule has 10 heteroatoms. The second-order valence-corrected chi connectivity index (χ2v) is 9.62. The molecule has 1 aliphatic rings. The van der Waals surface area contributed by atoms with Crippen LogP contribution in [0, 0.1) is 11.3 Å². The SMILES string of the molecule is CSc1snc2sc3c4c(c(=O)[nH]c3c12)C(c1ccc(Cl)cc1)C(C#N)=C(N)O4. The number of nitriles is 1. The standard InChI is InChI=1S/C19H11ClN4O2S3/c1-27-19-12-13-15(28-18(12)24-29-19)14-11(17(25)23-13)10(9(6-21)16(22)26-14)7-2-4-8(20)5-3-7/h2-5,10H,22H2,1H3,(H,23,25). The number of thiophene rings is 1. The molecule has 0 aliphatic carbocycles. The summed E-state index contributed by atoms with van der Waals surface area (Å²) >= 11 is 10.4. The van der Waals surface area contributed by atoms with Crippen molar-refractivity contribution in [3.05, 3.63) is 62.2 Å². The average molecular weight is 459 g/mol. The lowest BCUT2D eigenvalue weighted by Crippen LogP contribution is -2.27. The Balaban J connectivity index is 1.86. The molecule has 1 aromatic carbocycles. The number of benzene rings is 1. The molecule has 1 unspecified atom stereocenters. The van der Waals surface area contributed by atoms with E-state index in [9.17, 15) is 10.1 Å². The Kier molecular flexibility index (Phi) is 4.33. The smallest absolute Gasteiger partial charge is 0.256 e. The molecule has 3 aromatic heterocycles. The van der Waals surface area contributed by atoms with E-state index in [-0.39, 0.29) is 17.0 Å². The minimum Gasteiger partial charge on any atom is -0.438 e. The van der Waals surface area contributed by atoms with Gasteiger partial charge in [0.2, 0.25) is 5.88 Å². The van der Waals surface area contributed by atoms with Crippen LogP contribution in [-0.4, -0.2) is 15.6 Å². The quantitative estimate of drug-likeness (QED) is 0.418. The van der Waals surface area contributed by atoms with Crippen LogP contribution in [0.25, 0.3) is 20.4 Å². The van der Waals surface area contributed by atoms with E-state index in [1.165, 1.54) is 22.9 Å². The van der Waals surface area contributed by atoms with E-state index in [1.807, 2.05) is 6.26 Å². The Labute approximate surface area is 181 Å². The summed E-state index contributed by atoms with van der Waals surface area (Å²) < 4.78 is 12.1. The highest BCUT2D eigenvalue weighted by Gasteiger charge is 2.35. The van der Waals surface area contributed by atoms with Gasteiger partial charge in [-0.2, -0.15) is 9.64 Å². The summed E-state index contributed by atoms with van der Waals surface area (Å²) in [4.78, 5) is 17.0. The van der Waals surface area contributed by atoms with Crippen molar-refractivity contribution < 1.29 is 4.74 Å². The van der Waals surface area contributed by atoms with Gasteiger partial charge in [0.05, 0.1) is 31.3 Å². The second kappa shape index (κ2) is 6.78. The van der Waals surface area contributed by atoms with Gasteiger partial charge in [-0.1, -0.05) is 23.7 Å². The zero-order chi connectivity index (χ0) is 20.3. The van der Waals surface area contributed by atoms with Gasteiger partial charge >= 0.3 is 0 Å². The Hall–Kier alpha value is -2.51. The maximum Gasteiger partial charge on any atom is 0.256 e. The van der Waals surface area contributed by atoms with E-state index >= 15 is 0 Å². The van der Waals surface area contributed by atoms with Crippen molar-refractivity contribution in [1.29, 1.82) is 5.26 Å². The van der Waals surface area contributed by atoms with Crippen LogP contribution < -0.4 is 16.0 Å². The molecule has 0 amide bonds. The Bertz CT molecular complexity index is 1430. The molecule has 29 heavy (non-hydrogen) atoms. The fourth-order valence-corrected chi connectivity index (χ4v) is 6.42. The third-order valence-electron chi connectivity index (χ3n) is 4.80. The topological polar surface area (TPSA) is 105 Å². The summed E-state index contributed by atoms with van der Waals surface area (Å²) in [7, 11) is 0. The van der Waals surface area contributed by atoms with Gasteiger partial charge in [-0.05, 0) is 35.5 Å². The van der Waals surface area contributed by atoms with Crippen LogP contribution in [0.1, 0.15) is 17.0 Å². The number of aromatic amines is 1. The van der Waals surface area contributed by atoms with Crippen molar-refractivity contribution in [3.63, 3.8) is 0 Å². The van der Waals surface area contributed by atoms with Crippen molar-refractivity contribution in [3.8, 4) is 11.8 Å². The van der Waals surface area contributed by atoms with E-state index < -0.39 is 5.92 Å². The van der Waals surface area contributed by atoms with Crippen molar-refractivity contribution >= 4 is 66.7 Å². The van der Waals surface area contributed by atoms with Gasteiger partial charge < -0.3 is 15.5 Å². The summed E-state index contributed by atoms with van der Waals surface area (Å²) in [5, 5.41) is 11.2. The molecule has 144 valence electrons. The van der Waals surface area contributed by atoms with E-state index in [0.717, 1.165) is 24.7 Å². The first-order chi connectivity index (χ1) is 14.0. The molecular weight excluding hydrogens is 448 g/mol. The Morgan fingerprint density at radius 3 is 2.83 bits per heavy atom. The zero-order valence-corrected chi connectivity index (χ0v) is 18.0. The van der Waals surface area contributed by atoms with Gasteiger partial charge in [-0.25, -0.2) is 0 Å². The van der Waals surface area contributed by atoms with Crippen LogP contribution in [0.3, 0.4) is 0 Å². The average Bonchev–Trinajstić information content (AvgIpc) is 3.27. The van der Waals surface area contributed by atoms with Crippen LogP contribution in [-0.2, 0) is 0 Å². The minimum atomic E-state index is -0.638. The van der Waals surface area contributed by atoms with Crippen LogP contribution in [0.4, 0.5) is 0 Å². The third kappa shape index (κ3) is 2.68. The molecule has 3 N–H and O–H groups in total. The first kappa shape index (κ1) is 18.5. The number of hydrogen-bond donors (Lipinski definition) is 2. The molecule has 4 aromatic rings. The lowest BCUT2D eigenvalue weighted by Gasteiger charge is -2.25. The molecule has 1 aliphatic heterocycles. The van der Waals surface area contributed by atoms with E-state index in [4.69, 9.17) is 22.1 Å². The molecule has 0 saturated heterocycles. The summed E-state index contributed by atoms with van der Waals surface area (Å²) in [6, 6.07) is 9.13. The normalized spacial score (nSPS) is 16.1. The maximum absolute atomic E-state index is 13.2. The van der Waals surface area contributed by atoms with Gasteiger partial charge in [0, 0.05) is 5.02 Å². The monoisotopic (exact) mass is 458 g/mol.